The van der Waals surface area contributed by atoms with Gasteiger partial charge in [-0.05, 0) is 79.8 Å². The minimum atomic E-state index is -1.03. The van der Waals surface area contributed by atoms with Crippen molar-refractivity contribution in [1.82, 2.24) is 18.9 Å². The van der Waals surface area contributed by atoms with Crippen LogP contribution in [0.3, 0.4) is 0 Å². The lowest BCUT2D eigenvalue weighted by Crippen LogP contribution is -2.45. The normalized spacial score (nSPS) is 15.6. The maximum absolute atomic E-state index is 11.7. The van der Waals surface area contributed by atoms with Crippen molar-refractivity contribution >= 4 is 79.7 Å². The molecule has 0 amide bonds. The van der Waals surface area contributed by atoms with E-state index in [0.717, 1.165) is 85.8 Å². The van der Waals surface area contributed by atoms with E-state index < -0.39 is 14.5 Å². The molecule has 4 aromatic heterocycles. The lowest BCUT2D eigenvalue weighted by atomic mass is 9.84. The lowest BCUT2D eigenvalue weighted by Gasteiger charge is -2.25. The average Bonchev–Trinajstić information content (AvgIpc) is 4.18. The van der Waals surface area contributed by atoms with Crippen LogP contribution in [-0.2, 0) is 0 Å². The zero-order chi connectivity index (χ0) is 42.2. The molecule has 302 valence electrons. The van der Waals surface area contributed by atoms with Gasteiger partial charge in [-0.3, -0.25) is 0 Å². The highest BCUT2D eigenvalue weighted by molar-refractivity contribution is 7.20. The van der Waals surface area contributed by atoms with E-state index in [0.29, 0.717) is 55.0 Å². The Bertz CT molecular complexity index is 3340. The summed E-state index contributed by atoms with van der Waals surface area (Å²) in [6, 6.07) is 42.1. The van der Waals surface area contributed by atoms with Crippen LogP contribution in [0, 0.1) is 24.8 Å². The lowest BCUT2D eigenvalue weighted by molar-refractivity contribution is 0.422. The van der Waals surface area contributed by atoms with E-state index in [1.54, 1.807) is 0 Å². The second-order valence-electron chi connectivity index (χ2n) is 16.0. The Morgan fingerprint density at radius 1 is 0.667 bits per heavy atom. The number of thiazole rings is 2. The van der Waals surface area contributed by atoms with Gasteiger partial charge >= 0.3 is 14.5 Å². The van der Waals surface area contributed by atoms with E-state index in [4.69, 9.17) is 35.2 Å². The first-order valence-electron chi connectivity index (χ1n) is 21.0. The van der Waals surface area contributed by atoms with Crippen LogP contribution in [0.25, 0.3) is 58.6 Å². The average molecular weight is 857 g/mol. The fraction of sp³-hybridized carbons (Fsp3) is 0.143. The maximum Gasteiger partial charge on any atom is 0.743 e. The van der Waals surface area contributed by atoms with Crippen molar-refractivity contribution in [3.8, 4) is 40.3 Å². The molecule has 2 aliphatic heterocycles. The number of aromatic nitrogens is 4. The minimum absolute atomic E-state index is 0.00510. The topological polar surface area (TPSA) is 101 Å². The third kappa shape index (κ3) is 5.97. The highest BCUT2D eigenvalue weighted by atomic mass is 32.1. The van der Waals surface area contributed by atoms with Gasteiger partial charge < -0.3 is 27.6 Å². The predicted molar refractivity (Wildman–Crippen MR) is 249 cm³/mol. The Hall–Kier alpha value is -7.25. The fourth-order valence-electron chi connectivity index (χ4n) is 9.56. The number of fused-ring (bicyclic) bond motifs is 5. The SMILES string of the molecule is [C-]#[N+]/C(c1nc2ccccc2s1)=c1\c2c(C3CCCCC3)n(B3Oc4ccccc4O3)/c(=C(/C#N)c3nc4ccccc4s3)c2c(-c2ccccc2C)n1B1Oc2ccccc2O1. The van der Waals surface area contributed by atoms with Crippen LogP contribution < -0.4 is 29.3 Å². The Morgan fingerprint density at radius 2 is 1.19 bits per heavy atom. The van der Waals surface area contributed by atoms with Crippen LogP contribution in [0.2, 0.25) is 0 Å². The summed E-state index contributed by atoms with van der Waals surface area (Å²) in [4.78, 5) is 14.7. The standard InChI is InChI=1S/C49H34B2N6O4S2/c1-29-16-6-7-19-31(29)45-42-41(47(57(45)51-60-37-24-12-13-25-38(37)61-51)43(53-2)49-55-34-21-9-15-27-40(34)63-49)44(30-17-4-3-5-18-30)56(50-58-35-22-10-11-23-36(35)59-50)46(42)32(28-52)48-54-33-20-8-14-26-39(33)62-48/h6-16,19-27,30H,3-5,17-18H2,1H3/b46-32-,47-43+. The molecule has 9 aromatic rings. The van der Waals surface area contributed by atoms with Crippen molar-refractivity contribution in [2.75, 3.05) is 0 Å². The summed E-state index contributed by atoms with van der Waals surface area (Å²) in [5.41, 5.74) is 5.85. The maximum atomic E-state index is 11.7. The molecule has 0 unspecified atom stereocenters. The summed E-state index contributed by atoms with van der Waals surface area (Å²) in [7, 11) is -2.00. The monoisotopic (exact) mass is 856 g/mol. The van der Waals surface area contributed by atoms with Crippen molar-refractivity contribution in [2.45, 2.75) is 44.9 Å². The molecule has 1 saturated carbocycles. The summed E-state index contributed by atoms with van der Waals surface area (Å²) in [5.74, 6) is 2.41. The van der Waals surface area contributed by atoms with Gasteiger partial charge in [0.2, 0.25) is 5.70 Å². The summed E-state index contributed by atoms with van der Waals surface area (Å²) >= 11 is 2.96. The van der Waals surface area contributed by atoms with Crippen molar-refractivity contribution in [2.24, 2.45) is 0 Å². The van der Waals surface area contributed by atoms with Crippen molar-refractivity contribution < 1.29 is 18.6 Å². The number of rotatable bonds is 6. The number of hydrogen-bond donors (Lipinski definition) is 0. The molecule has 0 radical (unpaired) electrons. The zero-order valence-electron chi connectivity index (χ0n) is 33.9. The Labute approximate surface area is 370 Å². The Morgan fingerprint density at radius 3 is 1.76 bits per heavy atom. The molecule has 5 aromatic carbocycles. The molecule has 6 heterocycles. The Balaban J connectivity index is 1.34. The van der Waals surface area contributed by atoms with Crippen LogP contribution in [0.15, 0.2) is 121 Å². The van der Waals surface area contributed by atoms with Crippen molar-refractivity contribution in [3.63, 3.8) is 0 Å². The summed E-state index contributed by atoms with van der Waals surface area (Å²) in [6.45, 7) is 11.2. The van der Waals surface area contributed by atoms with Crippen LogP contribution in [0.1, 0.15) is 59.3 Å². The summed E-state index contributed by atoms with van der Waals surface area (Å²) < 4.78 is 33.3. The molecule has 12 rings (SSSR count). The molecule has 0 N–H and O–H groups in total. The van der Waals surface area contributed by atoms with Crippen LogP contribution in [0.4, 0.5) is 0 Å². The number of nitriles is 1. The quantitative estimate of drug-likeness (QED) is 0.121. The van der Waals surface area contributed by atoms with E-state index in [1.165, 1.54) is 22.7 Å². The first-order valence-corrected chi connectivity index (χ1v) is 22.7. The van der Waals surface area contributed by atoms with Crippen molar-refractivity contribution in [3.05, 3.63) is 165 Å². The highest BCUT2D eigenvalue weighted by Gasteiger charge is 2.46. The van der Waals surface area contributed by atoms with Gasteiger partial charge in [-0.25, -0.2) is 14.8 Å². The van der Waals surface area contributed by atoms with Gasteiger partial charge in [0, 0.05) is 22.0 Å². The largest absolute Gasteiger partial charge is 0.743 e. The van der Waals surface area contributed by atoms with Crippen LogP contribution >= 0.6 is 22.7 Å². The van der Waals surface area contributed by atoms with Gasteiger partial charge in [0.05, 0.1) is 43.4 Å². The highest BCUT2D eigenvalue weighted by Crippen LogP contribution is 2.44. The molecular formula is C49H34B2N6O4S2. The van der Waals surface area contributed by atoms with Gasteiger partial charge in [-0.15, -0.1) is 22.7 Å². The van der Waals surface area contributed by atoms with Gasteiger partial charge in [-0.2, -0.15) is 5.26 Å². The van der Waals surface area contributed by atoms with Crippen LogP contribution in [0.5, 0.6) is 23.0 Å². The summed E-state index contributed by atoms with van der Waals surface area (Å²) in [6.07, 6.45) is 4.94. The van der Waals surface area contributed by atoms with Gasteiger partial charge in [-0.1, -0.05) is 92.1 Å². The number of benzene rings is 5. The number of aryl methyl sites for hydroxylation is 1. The summed E-state index contributed by atoms with van der Waals surface area (Å²) in [5, 5.41) is 15.6. The third-order valence-electron chi connectivity index (χ3n) is 12.3. The molecule has 1 aliphatic carbocycles. The smallest absolute Gasteiger partial charge is 0.503 e. The molecule has 0 atom stereocenters. The first-order chi connectivity index (χ1) is 31.1. The molecule has 14 heteroatoms. The molecular weight excluding hydrogens is 822 g/mol. The third-order valence-corrected chi connectivity index (χ3v) is 14.4. The molecule has 0 spiro atoms. The van der Waals surface area contributed by atoms with E-state index in [9.17, 15) is 5.26 Å². The zero-order valence-corrected chi connectivity index (χ0v) is 35.6. The second-order valence-corrected chi connectivity index (χ2v) is 18.0. The molecule has 0 saturated heterocycles. The number of hydrogen-bond acceptors (Lipinski definition) is 9. The van der Waals surface area contributed by atoms with E-state index in [1.807, 2.05) is 114 Å². The number of nitrogens with zero attached hydrogens (tertiary/aromatic N) is 6. The molecule has 63 heavy (non-hydrogen) atoms. The van der Waals surface area contributed by atoms with Crippen LogP contribution in [-0.4, -0.2) is 33.4 Å². The minimum Gasteiger partial charge on any atom is -0.503 e. The molecule has 1 fully saturated rings. The second kappa shape index (κ2) is 15.0. The van der Waals surface area contributed by atoms with Gasteiger partial charge in [0.25, 0.3) is 0 Å². The Kier molecular flexibility index (Phi) is 8.92. The van der Waals surface area contributed by atoms with Gasteiger partial charge in [0.15, 0.2) is 0 Å². The van der Waals surface area contributed by atoms with Crippen molar-refractivity contribution in [1.29, 1.82) is 5.26 Å². The van der Waals surface area contributed by atoms with E-state index >= 15 is 0 Å². The fourth-order valence-corrected chi connectivity index (χ4v) is 11.5. The number of para-hydroxylation sites is 6. The van der Waals surface area contributed by atoms with E-state index in [-0.39, 0.29) is 5.92 Å². The molecule has 10 nitrogen and oxygen atoms in total. The van der Waals surface area contributed by atoms with E-state index in [2.05, 4.69) is 34.4 Å². The predicted octanol–water partition coefficient (Wildman–Crippen LogP) is 10.1. The molecule has 0 bridgehead atoms. The first kappa shape index (κ1) is 37.5. The molecule has 3 aliphatic rings. The van der Waals surface area contributed by atoms with Gasteiger partial charge in [0.1, 0.15) is 44.7 Å².